The molecule has 6 rings (SSSR count). The van der Waals surface area contributed by atoms with Gasteiger partial charge in [0.1, 0.15) is 11.4 Å². The van der Waals surface area contributed by atoms with Crippen molar-refractivity contribution in [3.05, 3.63) is 156 Å². The number of esters is 1. The summed E-state index contributed by atoms with van der Waals surface area (Å²) in [5, 5.41) is -0.430. The van der Waals surface area contributed by atoms with Crippen molar-refractivity contribution >= 4 is 63.8 Å². The van der Waals surface area contributed by atoms with Gasteiger partial charge in [0.05, 0.1) is 5.56 Å². The first kappa shape index (κ1) is 43.7. The first-order valence-corrected chi connectivity index (χ1v) is 16.6. The monoisotopic (exact) mass is 750 g/mol. The van der Waals surface area contributed by atoms with E-state index in [4.69, 9.17) is 16.3 Å². The number of carbonyl (C=O) groups excluding carboxylic acids is 3. The second kappa shape index (κ2) is 24.8. The van der Waals surface area contributed by atoms with Gasteiger partial charge in [-0.3, -0.25) is 9.59 Å². The second-order valence-electron chi connectivity index (χ2n) is 11.4. The number of hydrogen-bond donors (Lipinski definition) is 0. The van der Waals surface area contributed by atoms with E-state index in [9.17, 15) is 14.4 Å². The molecule has 0 bridgehead atoms. The van der Waals surface area contributed by atoms with E-state index in [-0.39, 0.29) is 46.0 Å². The van der Waals surface area contributed by atoms with Crippen LogP contribution in [0, 0.1) is 6.07 Å². The predicted octanol–water partition coefficient (Wildman–Crippen LogP) is 7.68. The van der Waals surface area contributed by atoms with Gasteiger partial charge in [0.25, 0.3) is 5.24 Å². The Bertz CT molecular complexity index is 1500. The normalized spacial score (nSPS) is 14.0. The minimum absolute atomic E-state index is 0. The van der Waals surface area contributed by atoms with Crippen molar-refractivity contribution in [1.29, 1.82) is 0 Å². The summed E-state index contributed by atoms with van der Waals surface area (Å²) in [6.45, 7) is 7.32. The van der Waals surface area contributed by atoms with Crippen molar-refractivity contribution in [1.82, 2.24) is 0 Å². The van der Waals surface area contributed by atoms with Crippen molar-refractivity contribution in [3.63, 3.8) is 0 Å². The molecule has 0 amide bonds. The van der Waals surface area contributed by atoms with Gasteiger partial charge in [-0.1, -0.05) is 92.7 Å². The number of halogens is 2. The average molecular weight is 752 g/mol. The van der Waals surface area contributed by atoms with Crippen LogP contribution in [-0.2, 0) is 15.1 Å². The third-order valence-corrected chi connectivity index (χ3v) is 8.24. The van der Waals surface area contributed by atoms with E-state index in [1.807, 2.05) is 60.7 Å². The van der Waals surface area contributed by atoms with E-state index in [1.165, 1.54) is 12.8 Å². The summed E-state index contributed by atoms with van der Waals surface area (Å²) in [6, 6.07) is 37.0. The molecule has 0 saturated heterocycles. The molecule has 4 aromatic carbocycles. The van der Waals surface area contributed by atoms with Crippen molar-refractivity contribution in [2.75, 3.05) is 0 Å². The minimum Gasteiger partial charge on any atom is -1.00 e. The minimum atomic E-state index is -0.478. The van der Waals surface area contributed by atoms with Crippen LogP contribution in [0.2, 0.25) is 0 Å². The molecule has 4 nitrogen and oxygen atoms in total. The molecule has 2 aliphatic carbocycles. The third-order valence-electron chi connectivity index (χ3n) is 8.02. The molecule has 0 spiro atoms. The molecule has 0 N–H and O–H groups in total. The average Bonchev–Trinajstić information content (AvgIpc) is 3.14. The van der Waals surface area contributed by atoms with Crippen LogP contribution in [0.5, 0.6) is 0 Å². The Hall–Kier alpha value is -3.29. The fraction of sp³-hybridized carbons (Fsp3) is 0.262. The van der Waals surface area contributed by atoms with Gasteiger partial charge < -0.3 is 21.7 Å². The first-order valence-electron chi connectivity index (χ1n) is 16.2. The largest absolute Gasteiger partial charge is 2.00 e. The molecule has 0 radical (unpaired) electrons. The molecule has 49 heavy (non-hydrogen) atoms. The van der Waals surface area contributed by atoms with Gasteiger partial charge in [-0.2, -0.15) is 36.4 Å². The molecule has 0 unspecified atom stereocenters. The Morgan fingerprint density at radius 3 is 1.53 bits per heavy atom. The summed E-state index contributed by atoms with van der Waals surface area (Å²) >= 11 is 5.23. The maximum Gasteiger partial charge on any atom is 2.00 e. The predicted molar refractivity (Wildman–Crippen MR) is 199 cm³/mol. The molecule has 0 aliphatic heterocycles. The SMILES string of the molecule is C=Cc1ccc(C(=O)Cl)cc1.C=Cc1ccc(C(=O)OC2(c3ccccc3)CCCCC2)cc1.O=C1CCCCC1.[Br-].[Mg+2].[c-]1ccccc1. The Morgan fingerprint density at radius 1 is 0.673 bits per heavy atom. The molecule has 2 saturated carbocycles. The Balaban J connectivity index is 0.000000382. The van der Waals surface area contributed by atoms with E-state index in [0.717, 1.165) is 68.1 Å². The number of carbonyl (C=O) groups is 3. The van der Waals surface area contributed by atoms with E-state index in [2.05, 4.69) is 31.4 Å². The molecule has 2 fully saturated rings. The topological polar surface area (TPSA) is 60.4 Å². The fourth-order valence-electron chi connectivity index (χ4n) is 5.34. The van der Waals surface area contributed by atoms with E-state index < -0.39 is 10.8 Å². The van der Waals surface area contributed by atoms with Gasteiger partial charge in [0, 0.05) is 18.4 Å². The zero-order valence-electron chi connectivity index (χ0n) is 28.1. The summed E-state index contributed by atoms with van der Waals surface area (Å²) < 4.78 is 6.06. The van der Waals surface area contributed by atoms with Crippen molar-refractivity contribution in [2.45, 2.75) is 69.8 Å². The summed E-state index contributed by atoms with van der Waals surface area (Å²) in [6.07, 6.45) is 13.9. The first-order chi connectivity index (χ1) is 22.9. The smallest absolute Gasteiger partial charge is 1.00 e. The Morgan fingerprint density at radius 2 is 1.14 bits per heavy atom. The van der Waals surface area contributed by atoms with Crippen LogP contribution in [0.15, 0.2) is 122 Å². The van der Waals surface area contributed by atoms with Crippen molar-refractivity contribution < 1.29 is 36.1 Å². The fourth-order valence-corrected chi connectivity index (χ4v) is 5.47. The Kier molecular flexibility index (Phi) is 22.1. The van der Waals surface area contributed by atoms with E-state index >= 15 is 0 Å². The summed E-state index contributed by atoms with van der Waals surface area (Å²) in [5.74, 6) is 0.220. The van der Waals surface area contributed by atoms with Crippen LogP contribution < -0.4 is 17.0 Å². The summed E-state index contributed by atoms with van der Waals surface area (Å²) in [4.78, 5) is 33.7. The van der Waals surface area contributed by atoms with Gasteiger partial charge >= 0.3 is 29.0 Å². The number of ketones is 1. The van der Waals surface area contributed by atoms with Gasteiger partial charge in [-0.15, -0.1) is 0 Å². The van der Waals surface area contributed by atoms with Crippen LogP contribution >= 0.6 is 11.6 Å². The summed E-state index contributed by atoms with van der Waals surface area (Å²) in [5.41, 5.74) is 3.71. The number of ether oxygens (including phenoxy) is 1. The summed E-state index contributed by atoms with van der Waals surface area (Å²) in [7, 11) is 0. The van der Waals surface area contributed by atoms with Gasteiger partial charge in [-0.25, -0.2) is 4.79 Å². The zero-order valence-corrected chi connectivity index (χ0v) is 31.9. The number of Topliss-reactive ketones (excluding diaryl/α,β-unsaturated/α-hetero) is 1. The molecule has 2 aliphatic rings. The van der Waals surface area contributed by atoms with Gasteiger partial charge in [0.2, 0.25) is 0 Å². The molecular formula is C42H44BrClMgO4. The van der Waals surface area contributed by atoms with Crippen LogP contribution in [0.4, 0.5) is 0 Å². The van der Waals surface area contributed by atoms with Gasteiger partial charge in [0.15, 0.2) is 0 Å². The standard InChI is InChI=1S/C21H22O2.C9H7ClO.C6H10O.C6H5.BrH.Mg/c1-2-17-11-13-18(14-12-17)20(22)23-21(15-7-4-8-16-21)19-9-5-3-6-10-19;1-2-7-3-5-8(6-4-7)9(10)11;7-6-4-2-1-3-5-6;1-2-4-6-5-3-1;;/h2-3,5-6,9-14H,1,4,7-8,15-16H2;2-6H,1H2;1-5H2;1-5H;1H;/q;;;-1;;+2/p-1. The molecule has 0 atom stereocenters. The van der Waals surface area contributed by atoms with Crippen LogP contribution in [0.25, 0.3) is 12.2 Å². The Labute approximate surface area is 323 Å². The number of rotatable bonds is 6. The van der Waals surface area contributed by atoms with E-state index in [1.54, 1.807) is 48.6 Å². The molecule has 252 valence electrons. The molecule has 0 heterocycles. The quantitative estimate of drug-likeness (QED) is 0.0878. The van der Waals surface area contributed by atoms with Crippen LogP contribution in [0.3, 0.4) is 0 Å². The van der Waals surface area contributed by atoms with Crippen molar-refractivity contribution in [3.8, 4) is 0 Å². The van der Waals surface area contributed by atoms with Crippen LogP contribution in [0.1, 0.15) is 102 Å². The second-order valence-corrected chi connectivity index (χ2v) is 11.8. The maximum absolute atomic E-state index is 12.6. The molecule has 4 aromatic rings. The zero-order chi connectivity index (χ0) is 33.7. The molecule has 7 heteroatoms. The third kappa shape index (κ3) is 15.9. The molecular weight excluding hydrogens is 708 g/mol. The number of benzene rings is 4. The molecule has 0 aromatic heterocycles. The number of hydrogen-bond acceptors (Lipinski definition) is 4. The maximum atomic E-state index is 12.6. The van der Waals surface area contributed by atoms with Crippen LogP contribution in [-0.4, -0.2) is 40.0 Å². The van der Waals surface area contributed by atoms with Gasteiger partial charge in [-0.05, 0) is 91.1 Å². The van der Waals surface area contributed by atoms with E-state index in [0.29, 0.717) is 16.9 Å². The van der Waals surface area contributed by atoms with Crippen molar-refractivity contribution in [2.24, 2.45) is 0 Å².